The van der Waals surface area contributed by atoms with Gasteiger partial charge in [-0.2, -0.15) is 5.26 Å². The lowest BCUT2D eigenvalue weighted by molar-refractivity contribution is 0.101. The molecule has 2 rings (SSSR count). The number of Topliss-reactive ketones (excluding diaryl/α,β-unsaturated/α-hetero) is 1. The molecule has 0 saturated heterocycles. The highest BCUT2D eigenvalue weighted by Crippen LogP contribution is 2.25. The topological polar surface area (TPSA) is 52.9 Å². The van der Waals surface area contributed by atoms with Crippen LogP contribution in [0.3, 0.4) is 0 Å². The normalized spacial score (nSPS) is 16.0. The molecule has 1 aromatic carbocycles. The van der Waals surface area contributed by atoms with Crippen molar-refractivity contribution in [1.82, 2.24) is 0 Å². The Morgan fingerprint density at radius 2 is 2.06 bits per heavy atom. The Morgan fingerprint density at radius 3 is 2.67 bits per heavy atom. The van der Waals surface area contributed by atoms with Gasteiger partial charge in [0.2, 0.25) is 0 Å². The predicted octanol–water partition coefficient (Wildman–Crippen LogP) is 3.51. The average molecular weight is 242 g/mol. The molecule has 18 heavy (non-hydrogen) atoms. The van der Waals surface area contributed by atoms with E-state index in [0.29, 0.717) is 17.2 Å². The van der Waals surface area contributed by atoms with Gasteiger partial charge in [-0.3, -0.25) is 4.79 Å². The van der Waals surface area contributed by atoms with E-state index in [4.69, 9.17) is 5.26 Å². The second-order valence-electron chi connectivity index (χ2n) is 4.91. The zero-order valence-electron chi connectivity index (χ0n) is 10.7. The Bertz CT molecular complexity index is 482. The number of benzene rings is 1. The highest BCUT2D eigenvalue weighted by Gasteiger charge is 2.16. The number of rotatable bonds is 3. The second-order valence-corrected chi connectivity index (χ2v) is 4.91. The Kier molecular flexibility index (Phi) is 3.99. The Balaban J connectivity index is 2.23. The zero-order chi connectivity index (χ0) is 13.0. The first kappa shape index (κ1) is 12.6. The van der Waals surface area contributed by atoms with E-state index >= 15 is 0 Å². The molecule has 1 aliphatic carbocycles. The van der Waals surface area contributed by atoms with Crippen molar-refractivity contribution in [2.24, 2.45) is 0 Å². The quantitative estimate of drug-likeness (QED) is 0.825. The van der Waals surface area contributed by atoms with Gasteiger partial charge in [0.25, 0.3) is 0 Å². The van der Waals surface area contributed by atoms with Gasteiger partial charge in [0, 0.05) is 17.3 Å². The van der Waals surface area contributed by atoms with E-state index in [1.807, 2.05) is 0 Å². The van der Waals surface area contributed by atoms with Crippen LogP contribution in [0, 0.1) is 11.3 Å². The van der Waals surface area contributed by atoms with Gasteiger partial charge in [-0.25, -0.2) is 0 Å². The minimum Gasteiger partial charge on any atom is -0.382 e. The summed E-state index contributed by atoms with van der Waals surface area (Å²) < 4.78 is 0. The fraction of sp³-hybridized carbons (Fsp3) is 0.467. The van der Waals surface area contributed by atoms with E-state index in [2.05, 4.69) is 11.4 Å². The molecule has 0 unspecified atom stereocenters. The molecule has 1 N–H and O–H groups in total. The molecule has 3 heteroatoms. The van der Waals surface area contributed by atoms with Gasteiger partial charge in [0.1, 0.15) is 0 Å². The van der Waals surface area contributed by atoms with E-state index in [1.54, 1.807) is 25.1 Å². The summed E-state index contributed by atoms with van der Waals surface area (Å²) in [4.78, 5) is 11.6. The standard InChI is InChI=1S/C15H18N2O/c1-11(18)14-8-7-12(10-16)9-15(14)17-13-5-3-2-4-6-13/h7-9,13,17H,2-6H2,1H3. The third kappa shape index (κ3) is 2.89. The number of anilines is 1. The molecule has 0 bridgehead atoms. The molecule has 1 fully saturated rings. The van der Waals surface area contributed by atoms with Crippen LogP contribution >= 0.6 is 0 Å². The molecule has 0 amide bonds. The smallest absolute Gasteiger partial charge is 0.161 e. The first-order valence-electron chi connectivity index (χ1n) is 6.52. The van der Waals surface area contributed by atoms with Crippen LogP contribution in [0.5, 0.6) is 0 Å². The van der Waals surface area contributed by atoms with Crippen molar-refractivity contribution in [3.05, 3.63) is 29.3 Å². The van der Waals surface area contributed by atoms with Crippen LogP contribution < -0.4 is 5.32 Å². The third-order valence-electron chi connectivity index (χ3n) is 3.49. The molecule has 0 aliphatic heterocycles. The maximum absolute atomic E-state index is 11.6. The van der Waals surface area contributed by atoms with Gasteiger partial charge in [0.05, 0.1) is 11.6 Å². The number of nitrogens with one attached hydrogen (secondary N) is 1. The van der Waals surface area contributed by atoms with E-state index in [0.717, 1.165) is 18.5 Å². The van der Waals surface area contributed by atoms with Crippen molar-refractivity contribution < 1.29 is 4.79 Å². The van der Waals surface area contributed by atoms with E-state index in [-0.39, 0.29) is 5.78 Å². The average Bonchev–Trinajstić information content (AvgIpc) is 2.39. The molecular weight excluding hydrogens is 224 g/mol. The van der Waals surface area contributed by atoms with Gasteiger partial charge >= 0.3 is 0 Å². The molecule has 94 valence electrons. The van der Waals surface area contributed by atoms with E-state index < -0.39 is 0 Å². The molecular formula is C15H18N2O. The van der Waals surface area contributed by atoms with Crippen molar-refractivity contribution in [2.45, 2.75) is 45.1 Å². The lowest BCUT2D eigenvalue weighted by Gasteiger charge is -2.25. The molecule has 0 spiro atoms. The van der Waals surface area contributed by atoms with Crippen LogP contribution in [0.4, 0.5) is 5.69 Å². The van der Waals surface area contributed by atoms with Crippen molar-refractivity contribution in [1.29, 1.82) is 5.26 Å². The number of carbonyl (C=O) groups excluding carboxylic acids is 1. The summed E-state index contributed by atoms with van der Waals surface area (Å²) in [6.07, 6.45) is 6.08. The van der Waals surface area contributed by atoms with Crippen molar-refractivity contribution in [2.75, 3.05) is 5.32 Å². The van der Waals surface area contributed by atoms with Gasteiger partial charge in [-0.15, -0.1) is 0 Å². The number of nitrogens with zero attached hydrogens (tertiary/aromatic N) is 1. The van der Waals surface area contributed by atoms with Crippen molar-refractivity contribution in [3.8, 4) is 6.07 Å². The van der Waals surface area contributed by atoms with Crippen molar-refractivity contribution >= 4 is 11.5 Å². The number of nitriles is 1. The van der Waals surface area contributed by atoms with Crippen LogP contribution in [-0.4, -0.2) is 11.8 Å². The first-order chi connectivity index (χ1) is 8.70. The maximum atomic E-state index is 11.6. The van der Waals surface area contributed by atoms with Gasteiger partial charge in [-0.1, -0.05) is 19.3 Å². The van der Waals surface area contributed by atoms with Gasteiger partial charge in [0.15, 0.2) is 5.78 Å². The fourth-order valence-corrected chi connectivity index (χ4v) is 2.51. The van der Waals surface area contributed by atoms with Crippen LogP contribution in [0.2, 0.25) is 0 Å². The van der Waals surface area contributed by atoms with E-state index in [9.17, 15) is 4.79 Å². The Morgan fingerprint density at radius 1 is 1.33 bits per heavy atom. The molecule has 0 radical (unpaired) electrons. The molecule has 3 nitrogen and oxygen atoms in total. The summed E-state index contributed by atoms with van der Waals surface area (Å²) in [6, 6.07) is 7.78. The molecule has 1 aromatic rings. The van der Waals surface area contributed by atoms with Crippen LogP contribution in [0.15, 0.2) is 18.2 Å². The Hall–Kier alpha value is -1.82. The zero-order valence-corrected chi connectivity index (χ0v) is 10.7. The summed E-state index contributed by atoms with van der Waals surface area (Å²) in [6.45, 7) is 1.56. The molecule has 0 aromatic heterocycles. The second kappa shape index (κ2) is 5.68. The van der Waals surface area contributed by atoms with E-state index in [1.165, 1.54) is 19.3 Å². The summed E-state index contributed by atoms with van der Waals surface area (Å²) in [7, 11) is 0. The summed E-state index contributed by atoms with van der Waals surface area (Å²) in [5.41, 5.74) is 2.09. The number of hydrogen-bond donors (Lipinski definition) is 1. The molecule has 0 heterocycles. The summed E-state index contributed by atoms with van der Waals surface area (Å²) in [5, 5.41) is 12.4. The Labute approximate surface area is 108 Å². The predicted molar refractivity (Wildman–Crippen MR) is 71.7 cm³/mol. The SMILES string of the molecule is CC(=O)c1ccc(C#N)cc1NC1CCCCC1. The lowest BCUT2D eigenvalue weighted by Crippen LogP contribution is -2.23. The van der Waals surface area contributed by atoms with Crippen LogP contribution in [0.25, 0.3) is 0 Å². The highest BCUT2D eigenvalue weighted by atomic mass is 16.1. The largest absolute Gasteiger partial charge is 0.382 e. The minimum atomic E-state index is 0.0396. The first-order valence-corrected chi connectivity index (χ1v) is 6.52. The lowest BCUT2D eigenvalue weighted by atomic mass is 9.94. The molecule has 1 aliphatic rings. The fourth-order valence-electron chi connectivity index (χ4n) is 2.51. The summed E-state index contributed by atoms with van der Waals surface area (Å²) >= 11 is 0. The number of carbonyl (C=O) groups is 1. The van der Waals surface area contributed by atoms with Crippen LogP contribution in [-0.2, 0) is 0 Å². The van der Waals surface area contributed by atoms with Gasteiger partial charge < -0.3 is 5.32 Å². The monoisotopic (exact) mass is 242 g/mol. The summed E-state index contributed by atoms with van der Waals surface area (Å²) in [5.74, 6) is 0.0396. The van der Waals surface area contributed by atoms with Crippen molar-refractivity contribution in [3.63, 3.8) is 0 Å². The molecule has 0 atom stereocenters. The maximum Gasteiger partial charge on any atom is 0.161 e. The molecule has 1 saturated carbocycles. The minimum absolute atomic E-state index is 0.0396. The van der Waals surface area contributed by atoms with Crippen LogP contribution in [0.1, 0.15) is 54.9 Å². The highest BCUT2D eigenvalue weighted by molar-refractivity contribution is 5.99. The number of ketones is 1. The number of hydrogen-bond acceptors (Lipinski definition) is 3. The third-order valence-corrected chi connectivity index (χ3v) is 3.49. The van der Waals surface area contributed by atoms with Gasteiger partial charge in [-0.05, 0) is 38.0 Å².